The topological polar surface area (TPSA) is 61.7 Å². The van der Waals surface area contributed by atoms with Crippen LogP contribution in [-0.2, 0) is 17.5 Å². The summed E-state index contributed by atoms with van der Waals surface area (Å²) >= 11 is 1.18. The van der Waals surface area contributed by atoms with Crippen LogP contribution in [0, 0.1) is 17.0 Å². The van der Waals surface area contributed by atoms with Crippen LogP contribution in [0.3, 0.4) is 0 Å². The van der Waals surface area contributed by atoms with Gasteiger partial charge in [0.25, 0.3) is 0 Å². The number of carbonyl (C=O) groups is 1. The lowest BCUT2D eigenvalue weighted by Crippen LogP contribution is -2.59. The van der Waals surface area contributed by atoms with Gasteiger partial charge in [-0.15, -0.1) is 11.8 Å². The van der Waals surface area contributed by atoms with Gasteiger partial charge in [0.05, 0.1) is 11.1 Å². The first-order chi connectivity index (χ1) is 19.9. The largest absolute Gasteiger partial charge is 0.417 e. The Hall–Kier alpha value is -3.45. The zero-order valence-corrected chi connectivity index (χ0v) is 23.6. The van der Waals surface area contributed by atoms with E-state index in [0.29, 0.717) is 24.9 Å². The van der Waals surface area contributed by atoms with Crippen molar-refractivity contribution >= 4 is 34.4 Å². The first kappa shape index (κ1) is 28.7. The summed E-state index contributed by atoms with van der Waals surface area (Å²) in [6, 6.07) is 3.45. The maximum absolute atomic E-state index is 15.2. The minimum absolute atomic E-state index is 0.0928. The zero-order valence-electron chi connectivity index (χ0n) is 22.8. The van der Waals surface area contributed by atoms with Crippen LogP contribution >= 0.6 is 11.8 Å². The van der Waals surface area contributed by atoms with Gasteiger partial charge in [0.2, 0.25) is 5.91 Å². The number of hydrogen-bond donors (Lipinski definition) is 0. The van der Waals surface area contributed by atoms with E-state index in [1.807, 2.05) is 6.92 Å². The smallest absolute Gasteiger partial charge is 0.352 e. The van der Waals surface area contributed by atoms with Crippen molar-refractivity contribution in [2.24, 2.45) is 5.41 Å². The highest BCUT2D eigenvalue weighted by Crippen LogP contribution is 2.51. The van der Waals surface area contributed by atoms with Gasteiger partial charge in [-0.05, 0) is 30.8 Å². The highest BCUT2D eigenvalue weighted by atomic mass is 32.2. The second-order valence-electron chi connectivity index (χ2n) is 11.1. The number of hydrogen-bond acceptors (Lipinski definition) is 6. The normalized spacial score (nSPS) is 18.7. The lowest BCUT2D eigenvalue weighted by atomic mass is 9.81. The van der Waals surface area contributed by atoms with Crippen molar-refractivity contribution in [1.29, 1.82) is 0 Å². The molecule has 1 amide bonds. The van der Waals surface area contributed by atoms with Crippen molar-refractivity contribution in [2.75, 3.05) is 56.5 Å². The Balaban J connectivity index is 1.61. The summed E-state index contributed by atoms with van der Waals surface area (Å²) in [5.41, 5.74) is -2.61. The number of benzene rings is 2. The van der Waals surface area contributed by atoms with E-state index < -0.39 is 34.6 Å². The fraction of sp³-hybridized carbons (Fsp3) is 0.414. The Kier molecular flexibility index (Phi) is 7.08. The SMILES string of the molecule is C=CC(=O)N1CCN(c2nc(=O)n3c4c(c(-c5ccc(F)cc5F)c(C(F)(F)F)cc24)SCC2(CN(CC)C2)C3)CC1. The highest BCUT2D eigenvalue weighted by molar-refractivity contribution is 7.99. The summed E-state index contributed by atoms with van der Waals surface area (Å²) < 4.78 is 74.9. The quantitative estimate of drug-likeness (QED) is 0.320. The molecule has 0 unspecified atom stereocenters. The van der Waals surface area contributed by atoms with E-state index in [-0.39, 0.29) is 71.2 Å². The fourth-order valence-electron chi connectivity index (χ4n) is 6.30. The van der Waals surface area contributed by atoms with Crippen LogP contribution in [-0.4, -0.2) is 76.8 Å². The van der Waals surface area contributed by atoms with Crippen molar-refractivity contribution in [3.8, 4) is 11.1 Å². The third-order valence-corrected chi connectivity index (χ3v) is 9.79. The molecular weight excluding hydrogens is 577 g/mol. The van der Waals surface area contributed by atoms with Crippen molar-refractivity contribution in [2.45, 2.75) is 24.5 Å². The summed E-state index contributed by atoms with van der Waals surface area (Å²) in [5.74, 6) is -1.79. The Bertz CT molecular complexity index is 1660. The molecule has 0 saturated carbocycles. The van der Waals surface area contributed by atoms with Crippen molar-refractivity contribution in [1.82, 2.24) is 19.4 Å². The number of carbonyl (C=O) groups excluding carboxylic acids is 1. The van der Waals surface area contributed by atoms with E-state index in [4.69, 9.17) is 0 Å². The van der Waals surface area contributed by atoms with E-state index >= 15 is 4.39 Å². The number of rotatable bonds is 4. The standard InChI is InChI=1S/C29H28F5N5O2S/c1-3-22(40)37-7-9-38(10-8-37)26-19-12-20(29(32,33)34)23(18-6-5-17(30)11-21(18)31)25-24(19)39(27(41)35-26)15-28(16-42-25)13-36(4-2)14-28/h3,5-6,11-12H,1,4,7-10,13-16H2,2H3. The molecule has 0 atom stereocenters. The molecule has 6 rings (SSSR count). The molecule has 222 valence electrons. The first-order valence-corrected chi connectivity index (χ1v) is 14.6. The van der Waals surface area contributed by atoms with Crippen LogP contribution in [0.1, 0.15) is 12.5 Å². The average Bonchev–Trinajstić information content (AvgIpc) is 3.12. The predicted octanol–water partition coefficient (Wildman–Crippen LogP) is 4.62. The van der Waals surface area contributed by atoms with Gasteiger partial charge in [-0.1, -0.05) is 13.5 Å². The monoisotopic (exact) mass is 605 g/mol. The van der Waals surface area contributed by atoms with Gasteiger partial charge in [-0.25, -0.2) is 13.6 Å². The molecule has 4 heterocycles. The minimum atomic E-state index is -4.89. The molecule has 7 nitrogen and oxygen atoms in total. The molecule has 1 aromatic heterocycles. The lowest BCUT2D eigenvalue weighted by Gasteiger charge is -2.49. The van der Waals surface area contributed by atoms with E-state index in [1.54, 1.807) is 9.80 Å². The second kappa shape index (κ2) is 10.4. The molecule has 0 N–H and O–H groups in total. The molecule has 3 aromatic rings. The fourth-order valence-corrected chi connectivity index (χ4v) is 7.74. The Morgan fingerprint density at radius 3 is 2.45 bits per heavy atom. The molecule has 2 saturated heterocycles. The summed E-state index contributed by atoms with van der Waals surface area (Å²) in [6.45, 7) is 8.93. The number of amides is 1. The number of aromatic nitrogens is 2. The molecule has 0 radical (unpaired) electrons. The number of halogens is 5. The van der Waals surface area contributed by atoms with Crippen molar-refractivity contribution in [3.05, 3.63) is 64.6 Å². The number of piperazine rings is 1. The third kappa shape index (κ3) is 4.76. The molecule has 3 aliphatic rings. The molecule has 1 spiro atoms. The van der Waals surface area contributed by atoms with Crippen LogP contribution in [0.4, 0.5) is 27.8 Å². The van der Waals surface area contributed by atoms with E-state index in [0.717, 1.165) is 24.7 Å². The Labute approximate surface area is 242 Å². The maximum Gasteiger partial charge on any atom is 0.417 e. The molecule has 13 heteroatoms. The van der Waals surface area contributed by atoms with Gasteiger partial charge in [-0.2, -0.15) is 18.2 Å². The number of likely N-dealkylation sites (tertiary alicyclic amines) is 1. The Morgan fingerprint density at radius 2 is 1.83 bits per heavy atom. The number of alkyl halides is 3. The minimum Gasteiger partial charge on any atom is -0.352 e. The number of thioether (sulfide) groups is 1. The second-order valence-corrected chi connectivity index (χ2v) is 12.0. The Morgan fingerprint density at radius 1 is 1.12 bits per heavy atom. The van der Waals surface area contributed by atoms with Crippen LogP contribution in [0.5, 0.6) is 0 Å². The van der Waals surface area contributed by atoms with Crippen molar-refractivity contribution < 1.29 is 26.7 Å². The van der Waals surface area contributed by atoms with Crippen molar-refractivity contribution in [3.63, 3.8) is 0 Å². The van der Waals surface area contributed by atoms with Gasteiger partial charge in [0.1, 0.15) is 17.5 Å². The van der Waals surface area contributed by atoms with E-state index in [1.165, 1.54) is 22.4 Å². The third-order valence-electron chi connectivity index (χ3n) is 8.35. The zero-order chi connectivity index (χ0) is 30.0. The predicted molar refractivity (Wildman–Crippen MR) is 151 cm³/mol. The average molecular weight is 606 g/mol. The van der Waals surface area contributed by atoms with Crippen LogP contribution < -0.4 is 10.6 Å². The molecular formula is C29H28F5N5O2S. The van der Waals surface area contributed by atoms with Crippen LogP contribution in [0.15, 0.2) is 46.6 Å². The van der Waals surface area contributed by atoms with Gasteiger partial charge in [-0.3, -0.25) is 9.36 Å². The first-order valence-electron chi connectivity index (χ1n) is 13.6. The van der Waals surface area contributed by atoms with E-state index in [9.17, 15) is 27.2 Å². The highest BCUT2D eigenvalue weighted by Gasteiger charge is 2.46. The maximum atomic E-state index is 15.2. The number of nitrogens with zero attached hydrogens (tertiary/aromatic N) is 5. The summed E-state index contributed by atoms with van der Waals surface area (Å²) in [5, 5.41) is 0.128. The van der Waals surface area contributed by atoms with Gasteiger partial charge >= 0.3 is 11.9 Å². The molecule has 3 aliphatic heterocycles. The molecule has 0 bridgehead atoms. The summed E-state index contributed by atoms with van der Waals surface area (Å²) in [6.07, 6.45) is -3.70. The molecule has 42 heavy (non-hydrogen) atoms. The summed E-state index contributed by atoms with van der Waals surface area (Å²) in [4.78, 5) is 35.7. The molecule has 2 fully saturated rings. The van der Waals surface area contributed by atoms with Gasteiger partial charge in [0.15, 0.2) is 0 Å². The molecule has 0 aliphatic carbocycles. The summed E-state index contributed by atoms with van der Waals surface area (Å²) in [7, 11) is 0. The van der Waals surface area contributed by atoms with E-state index in [2.05, 4.69) is 16.5 Å². The van der Waals surface area contributed by atoms with Gasteiger partial charge in [0, 0.05) is 84.5 Å². The van der Waals surface area contributed by atoms with Gasteiger partial charge < -0.3 is 14.7 Å². The molecule has 2 aromatic carbocycles. The van der Waals surface area contributed by atoms with Crippen LogP contribution in [0.25, 0.3) is 22.0 Å². The van der Waals surface area contributed by atoms with Crippen LogP contribution in [0.2, 0.25) is 0 Å². The number of anilines is 1. The lowest BCUT2D eigenvalue weighted by molar-refractivity contribution is -0.137.